The third-order valence-corrected chi connectivity index (χ3v) is 5.22. The number of nitrogens with zero attached hydrogens (tertiary/aromatic N) is 2. The Morgan fingerprint density at radius 1 is 1.28 bits per heavy atom. The van der Waals surface area contributed by atoms with Gasteiger partial charge in [-0.3, -0.25) is 4.99 Å². The van der Waals surface area contributed by atoms with Gasteiger partial charge in [0, 0.05) is 30.3 Å². The van der Waals surface area contributed by atoms with Crippen LogP contribution < -0.4 is 10.6 Å². The van der Waals surface area contributed by atoms with Crippen LogP contribution in [0.3, 0.4) is 0 Å². The Bertz CT molecular complexity index is 553. The average Bonchev–Trinajstić information content (AvgIpc) is 2.61. The van der Waals surface area contributed by atoms with Crippen molar-refractivity contribution < 1.29 is 4.74 Å². The summed E-state index contributed by atoms with van der Waals surface area (Å²) in [5.74, 6) is 0.845. The van der Waals surface area contributed by atoms with Gasteiger partial charge >= 0.3 is 0 Å². The van der Waals surface area contributed by atoms with Gasteiger partial charge in [-0.1, -0.05) is 23.7 Å². The molecule has 1 aromatic rings. The maximum atomic E-state index is 5.98. The highest BCUT2D eigenvalue weighted by atomic mass is 35.5. The Morgan fingerprint density at radius 3 is 2.48 bits per heavy atom. The molecule has 0 amide bonds. The van der Waals surface area contributed by atoms with Crippen LogP contribution in [0.4, 0.5) is 0 Å². The van der Waals surface area contributed by atoms with Crippen molar-refractivity contribution in [2.75, 3.05) is 40.4 Å². The summed E-state index contributed by atoms with van der Waals surface area (Å²) in [5, 5.41) is 7.60. The molecule has 1 atom stereocenters. The van der Waals surface area contributed by atoms with Crippen molar-refractivity contribution in [1.29, 1.82) is 0 Å². The monoisotopic (exact) mass is 366 g/mol. The minimum atomic E-state index is 0.0735. The number of likely N-dealkylation sites (N-methyl/N-ethyl adjacent to an activating group) is 1. The number of rotatable bonds is 6. The molecule has 1 unspecified atom stereocenters. The van der Waals surface area contributed by atoms with Crippen molar-refractivity contribution in [2.45, 2.75) is 38.3 Å². The molecule has 1 aliphatic rings. The third kappa shape index (κ3) is 5.59. The van der Waals surface area contributed by atoms with E-state index in [0.29, 0.717) is 0 Å². The van der Waals surface area contributed by atoms with Gasteiger partial charge in [0.2, 0.25) is 0 Å². The first-order chi connectivity index (χ1) is 12.0. The van der Waals surface area contributed by atoms with Gasteiger partial charge in [0.05, 0.1) is 12.6 Å². The number of halogens is 1. The first-order valence-corrected chi connectivity index (χ1v) is 9.40. The molecule has 0 radical (unpaired) electrons. The number of ether oxygens (including phenoxy) is 1. The molecule has 5 nitrogen and oxygen atoms in total. The van der Waals surface area contributed by atoms with Gasteiger partial charge < -0.3 is 20.3 Å². The molecule has 0 aromatic heterocycles. The highest BCUT2D eigenvalue weighted by molar-refractivity contribution is 6.30. The van der Waals surface area contributed by atoms with Crippen molar-refractivity contribution >= 4 is 17.6 Å². The number of guanidine groups is 1. The molecule has 0 saturated carbocycles. The van der Waals surface area contributed by atoms with E-state index in [-0.39, 0.29) is 11.6 Å². The van der Waals surface area contributed by atoms with E-state index < -0.39 is 0 Å². The predicted molar refractivity (Wildman–Crippen MR) is 105 cm³/mol. The van der Waals surface area contributed by atoms with Crippen LogP contribution >= 0.6 is 11.6 Å². The SMILES string of the molecule is CCNC(=NCC1(N(C)C)CCOCC1)NC(C)c1ccc(Cl)cc1. The highest BCUT2D eigenvalue weighted by Crippen LogP contribution is 2.26. The fraction of sp³-hybridized carbons (Fsp3) is 0.632. The van der Waals surface area contributed by atoms with E-state index in [1.165, 1.54) is 5.56 Å². The fourth-order valence-corrected chi connectivity index (χ4v) is 3.21. The summed E-state index contributed by atoms with van der Waals surface area (Å²) >= 11 is 5.98. The van der Waals surface area contributed by atoms with E-state index >= 15 is 0 Å². The summed E-state index contributed by atoms with van der Waals surface area (Å²) in [6.45, 7) is 7.41. The second kappa shape index (κ2) is 9.41. The molecular weight excluding hydrogens is 336 g/mol. The van der Waals surface area contributed by atoms with Gasteiger partial charge in [0.15, 0.2) is 5.96 Å². The minimum absolute atomic E-state index is 0.0735. The van der Waals surface area contributed by atoms with E-state index in [2.05, 4.69) is 43.5 Å². The van der Waals surface area contributed by atoms with Crippen LogP contribution in [0.1, 0.15) is 38.3 Å². The Morgan fingerprint density at radius 2 is 1.92 bits per heavy atom. The summed E-state index contributed by atoms with van der Waals surface area (Å²) in [7, 11) is 4.27. The highest BCUT2D eigenvalue weighted by Gasteiger charge is 2.34. The van der Waals surface area contributed by atoms with E-state index in [1.807, 2.05) is 24.3 Å². The van der Waals surface area contributed by atoms with Crippen molar-refractivity contribution in [3.8, 4) is 0 Å². The van der Waals surface area contributed by atoms with E-state index in [0.717, 1.165) is 50.1 Å². The molecule has 25 heavy (non-hydrogen) atoms. The lowest BCUT2D eigenvalue weighted by Gasteiger charge is -2.41. The Labute approximate surface area is 156 Å². The van der Waals surface area contributed by atoms with Crippen LogP contribution in [0.2, 0.25) is 5.02 Å². The average molecular weight is 367 g/mol. The van der Waals surface area contributed by atoms with Crippen LogP contribution in [-0.2, 0) is 4.74 Å². The van der Waals surface area contributed by atoms with Crippen LogP contribution in [0.25, 0.3) is 0 Å². The standard InChI is InChI=1S/C19H31ClN4O/c1-5-21-18(23-15(2)16-6-8-17(20)9-7-16)22-14-19(24(3)4)10-12-25-13-11-19/h6-9,15H,5,10-14H2,1-4H3,(H2,21,22,23). The van der Waals surface area contributed by atoms with Crippen LogP contribution in [0, 0.1) is 0 Å². The Kier molecular flexibility index (Phi) is 7.54. The molecule has 1 saturated heterocycles. The smallest absolute Gasteiger partial charge is 0.191 e. The molecule has 140 valence electrons. The molecule has 2 N–H and O–H groups in total. The van der Waals surface area contributed by atoms with Crippen LogP contribution in [-0.4, -0.2) is 56.8 Å². The van der Waals surface area contributed by atoms with Crippen molar-refractivity contribution in [1.82, 2.24) is 15.5 Å². The topological polar surface area (TPSA) is 48.9 Å². The van der Waals surface area contributed by atoms with Gasteiger partial charge in [0.1, 0.15) is 0 Å². The number of hydrogen-bond donors (Lipinski definition) is 2. The quantitative estimate of drug-likeness (QED) is 0.600. The van der Waals surface area contributed by atoms with Gasteiger partial charge in [-0.05, 0) is 58.5 Å². The molecule has 1 aromatic carbocycles. The zero-order valence-electron chi connectivity index (χ0n) is 15.8. The van der Waals surface area contributed by atoms with Gasteiger partial charge in [0.25, 0.3) is 0 Å². The summed E-state index contributed by atoms with van der Waals surface area (Å²) < 4.78 is 5.54. The zero-order chi connectivity index (χ0) is 18.3. The Balaban J connectivity index is 2.07. The predicted octanol–water partition coefficient (Wildman–Crippen LogP) is 3.07. The van der Waals surface area contributed by atoms with Gasteiger partial charge in [-0.2, -0.15) is 0 Å². The Hall–Kier alpha value is -1.30. The fourth-order valence-electron chi connectivity index (χ4n) is 3.08. The zero-order valence-corrected chi connectivity index (χ0v) is 16.6. The second-order valence-electron chi connectivity index (χ2n) is 6.84. The molecule has 0 bridgehead atoms. The largest absolute Gasteiger partial charge is 0.381 e. The molecular formula is C19H31ClN4O. The minimum Gasteiger partial charge on any atom is -0.381 e. The molecule has 0 spiro atoms. The lowest BCUT2D eigenvalue weighted by molar-refractivity contribution is -0.00255. The van der Waals surface area contributed by atoms with Crippen molar-refractivity contribution in [3.05, 3.63) is 34.9 Å². The van der Waals surface area contributed by atoms with E-state index in [1.54, 1.807) is 0 Å². The molecule has 6 heteroatoms. The van der Waals surface area contributed by atoms with E-state index in [9.17, 15) is 0 Å². The number of hydrogen-bond acceptors (Lipinski definition) is 3. The summed E-state index contributed by atoms with van der Waals surface area (Å²) in [4.78, 5) is 7.18. The maximum Gasteiger partial charge on any atom is 0.191 e. The van der Waals surface area contributed by atoms with Crippen molar-refractivity contribution in [3.63, 3.8) is 0 Å². The first kappa shape index (κ1) is 20.0. The number of nitrogens with one attached hydrogen (secondary N) is 2. The number of benzene rings is 1. The van der Waals surface area contributed by atoms with Gasteiger partial charge in [-0.25, -0.2) is 0 Å². The lowest BCUT2D eigenvalue weighted by Crippen LogP contribution is -2.51. The molecule has 1 aliphatic heterocycles. The lowest BCUT2D eigenvalue weighted by atomic mass is 9.89. The third-order valence-electron chi connectivity index (χ3n) is 4.97. The molecule has 1 fully saturated rings. The van der Waals surface area contributed by atoms with Crippen LogP contribution in [0.15, 0.2) is 29.3 Å². The molecule has 1 heterocycles. The summed E-state index contributed by atoms with van der Waals surface area (Å²) in [6, 6.07) is 8.08. The first-order valence-electron chi connectivity index (χ1n) is 9.02. The maximum absolute atomic E-state index is 5.98. The molecule has 0 aliphatic carbocycles. The second-order valence-corrected chi connectivity index (χ2v) is 7.28. The van der Waals surface area contributed by atoms with Crippen LogP contribution in [0.5, 0.6) is 0 Å². The molecule has 2 rings (SSSR count). The summed E-state index contributed by atoms with van der Waals surface area (Å²) in [6.07, 6.45) is 2.02. The normalized spacial score (nSPS) is 18.9. The number of aliphatic imine (C=N–C) groups is 1. The van der Waals surface area contributed by atoms with E-state index in [4.69, 9.17) is 21.3 Å². The van der Waals surface area contributed by atoms with Gasteiger partial charge in [-0.15, -0.1) is 0 Å². The summed E-state index contributed by atoms with van der Waals surface area (Å²) in [5.41, 5.74) is 1.26. The van der Waals surface area contributed by atoms with Crippen molar-refractivity contribution in [2.24, 2.45) is 4.99 Å².